The van der Waals surface area contributed by atoms with E-state index in [1.165, 1.54) is 0 Å². The van der Waals surface area contributed by atoms with Crippen molar-refractivity contribution in [1.29, 1.82) is 0 Å². The summed E-state index contributed by atoms with van der Waals surface area (Å²) in [5.74, 6) is -0.323. The van der Waals surface area contributed by atoms with Crippen LogP contribution in [0.25, 0.3) is 0 Å². The molecule has 4 nitrogen and oxygen atoms in total. The van der Waals surface area contributed by atoms with E-state index in [2.05, 4.69) is 17.6 Å². The molecule has 0 saturated heterocycles. The van der Waals surface area contributed by atoms with E-state index in [4.69, 9.17) is 4.74 Å². The first-order valence-corrected chi connectivity index (χ1v) is 5.48. The molecule has 0 fully saturated rings. The fourth-order valence-electron chi connectivity index (χ4n) is 1.41. The number of aryl methyl sites for hydroxylation is 1. The molecule has 0 amide bonds. The summed E-state index contributed by atoms with van der Waals surface area (Å²) in [5, 5.41) is 0.543. The van der Waals surface area contributed by atoms with Crippen molar-refractivity contribution in [2.24, 2.45) is 7.05 Å². The van der Waals surface area contributed by atoms with Crippen molar-refractivity contribution in [3.8, 4) is 0 Å². The molecular weight excluding hydrogens is 212 g/mol. The fraction of sp³-hybridized carbons (Fsp3) is 0.600. The third-order valence-electron chi connectivity index (χ3n) is 2.10. The fourth-order valence-corrected chi connectivity index (χ4v) is 1.63. The number of imidazole rings is 1. The minimum Gasteiger partial charge on any atom is -0.461 e. The Morgan fingerprint density at radius 3 is 2.73 bits per heavy atom. The molecule has 1 aromatic heterocycles. The number of esters is 1. The summed E-state index contributed by atoms with van der Waals surface area (Å²) >= 11 is 4.19. The number of hydrogen-bond acceptors (Lipinski definition) is 4. The van der Waals surface area contributed by atoms with E-state index in [1.807, 2.05) is 6.92 Å². The van der Waals surface area contributed by atoms with Crippen LogP contribution in [-0.4, -0.2) is 22.1 Å². The van der Waals surface area contributed by atoms with Gasteiger partial charge in [-0.05, 0) is 13.3 Å². The van der Waals surface area contributed by atoms with Crippen LogP contribution in [0.15, 0.2) is 5.16 Å². The Balaban J connectivity index is 3.07. The number of carbonyl (C=O) groups is 1. The molecule has 0 atom stereocenters. The normalized spacial score (nSPS) is 10.4. The van der Waals surface area contributed by atoms with Gasteiger partial charge >= 0.3 is 5.97 Å². The second-order valence-electron chi connectivity index (χ2n) is 3.24. The molecule has 0 bridgehead atoms. The maximum Gasteiger partial charge on any atom is 0.356 e. The summed E-state index contributed by atoms with van der Waals surface area (Å²) < 4.78 is 6.63. The average Bonchev–Trinajstić information content (AvgIpc) is 2.44. The van der Waals surface area contributed by atoms with Gasteiger partial charge < -0.3 is 9.30 Å². The number of aromatic nitrogens is 2. The van der Waals surface area contributed by atoms with Crippen molar-refractivity contribution in [1.82, 2.24) is 9.55 Å². The average molecular weight is 228 g/mol. The van der Waals surface area contributed by atoms with Crippen LogP contribution < -0.4 is 0 Å². The standard InChI is InChI=1S/C10H16N2O2S/c1-4-6-7-8(9(13)14-5-2)12(3)10(15)11-7/h4-6H2,1-3H3,(H,11,15). The monoisotopic (exact) mass is 228 g/mol. The van der Waals surface area contributed by atoms with Crippen LogP contribution in [0.5, 0.6) is 0 Å². The second-order valence-corrected chi connectivity index (χ2v) is 3.64. The quantitative estimate of drug-likeness (QED) is 0.631. The smallest absolute Gasteiger partial charge is 0.356 e. The van der Waals surface area contributed by atoms with E-state index >= 15 is 0 Å². The Labute approximate surface area is 95.1 Å². The van der Waals surface area contributed by atoms with Crippen molar-refractivity contribution in [3.05, 3.63) is 11.4 Å². The highest BCUT2D eigenvalue weighted by Crippen LogP contribution is 2.16. The van der Waals surface area contributed by atoms with Crippen LogP contribution in [0.2, 0.25) is 0 Å². The number of hydrogen-bond donors (Lipinski definition) is 1. The van der Waals surface area contributed by atoms with Gasteiger partial charge in [-0.2, -0.15) is 0 Å². The van der Waals surface area contributed by atoms with Gasteiger partial charge in [0.15, 0.2) is 10.9 Å². The number of nitrogens with zero attached hydrogens (tertiary/aromatic N) is 2. The summed E-state index contributed by atoms with van der Waals surface area (Å²) in [4.78, 5) is 15.9. The van der Waals surface area contributed by atoms with Crippen LogP contribution in [0, 0.1) is 0 Å². The number of carbonyl (C=O) groups excluding carboxylic acids is 1. The van der Waals surface area contributed by atoms with Crippen molar-refractivity contribution in [2.45, 2.75) is 31.8 Å². The van der Waals surface area contributed by atoms with E-state index in [0.717, 1.165) is 18.5 Å². The van der Waals surface area contributed by atoms with Crippen molar-refractivity contribution >= 4 is 18.6 Å². The molecule has 0 aliphatic carbocycles. The number of rotatable bonds is 4. The molecule has 0 N–H and O–H groups in total. The lowest BCUT2D eigenvalue weighted by Crippen LogP contribution is -2.12. The third kappa shape index (κ3) is 2.53. The molecule has 0 aromatic carbocycles. The summed E-state index contributed by atoms with van der Waals surface area (Å²) in [6.45, 7) is 4.20. The van der Waals surface area contributed by atoms with E-state index in [-0.39, 0.29) is 5.97 Å². The number of ether oxygens (including phenoxy) is 1. The Morgan fingerprint density at radius 2 is 2.20 bits per heavy atom. The maximum absolute atomic E-state index is 11.7. The summed E-state index contributed by atoms with van der Waals surface area (Å²) in [7, 11) is 1.76. The highest BCUT2D eigenvalue weighted by molar-refractivity contribution is 7.80. The first-order chi connectivity index (χ1) is 7.11. The molecule has 0 aliphatic rings. The van der Waals surface area contributed by atoms with E-state index < -0.39 is 0 Å². The van der Waals surface area contributed by atoms with Gasteiger partial charge in [0, 0.05) is 7.05 Å². The Kier molecular flexibility index (Phi) is 4.20. The molecule has 0 spiro atoms. The predicted molar refractivity (Wildman–Crippen MR) is 60.4 cm³/mol. The van der Waals surface area contributed by atoms with Crippen molar-refractivity contribution in [3.63, 3.8) is 0 Å². The van der Waals surface area contributed by atoms with Gasteiger partial charge in [-0.1, -0.05) is 13.3 Å². The zero-order valence-electron chi connectivity index (χ0n) is 9.28. The van der Waals surface area contributed by atoms with E-state index in [9.17, 15) is 4.79 Å². The summed E-state index contributed by atoms with van der Waals surface area (Å²) in [6, 6.07) is 0. The molecule has 5 heteroatoms. The topological polar surface area (TPSA) is 44.1 Å². The maximum atomic E-state index is 11.7. The van der Waals surface area contributed by atoms with Crippen LogP contribution >= 0.6 is 12.6 Å². The first-order valence-electron chi connectivity index (χ1n) is 5.03. The first kappa shape index (κ1) is 12.1. The lowest BCUT2D eigenvalue weighted by atomic mass is 10.2. The zero-order chi connectivity index (χ0) is 11.4. The molecule has 84 valence electrons. The highest BCUT2D eigenvalue weighted by atomic mass is 32.1. The van der Waals surface area contributed by atoms with Gasteiger partial charge in [-0.15, -0.1) is 12.6 Å². The molecule has 1 aromatic rings. The predicted octanol–water partition coefficient (Wildman–Crippen LogP) is 1.84. The van der Waals surface area contributed by atoms with Gasteiger partial charge in [0.1, 0.15) is 0 Å². The molecule has 0 unspecified atom stereocenters. The summed E-state index contributed by atoms with van der Waals surface area (Å²) in [5.41, 5.74) is 1.28. The lowest BCUT2D eigenvalue weighted by molar-refractivity contribution is 0.0513. The molecule has 0 saturated carbocycles. The Bertz CT molecular complexity index is 361. The van der Waals surface area contributed by atoms with Crippen LogP contribution in [0.3, 0.4) is 0 Å². The summed E-state index contributed by atoms with van der Waals surface area (Å²) in [6.07, 6.45) is 1.71. The SMILES string of the molecule is CCCc1nc(S)n(C)c1C(=O)OCC. The van der Waals surface area contributed by atoms with Gasteiger partial charge in [-0.25, -0.2) is 9.78 Å². The zero-order valence-corrected chi connectivity index (χ0v) is 10.2. The van der Waals surface area contributed by atoms with Gasteiger partial charge in [0.2, 0.25) is 0 Å². The van der Waals surface area contributed by atoms with Gasteiger partial charge in [-0.3, -0.25) is 0 Å². The van der Waals surface area contributed by atoms with E-state index in [0.29, 0.717) is 17.5 Å². The van der Waals surface area contributed by atoms with Crippen molar-refractivity contribution in [2.75, 3.05) is 6.61 Å². The molecular formula is C10H16N2O2S. The Morgan fingerprint density at radius 1 is 1.53 bits per heavy atom. The van der Waals surface area contributed by atoms with Crippen molar-refractivity contribution < 1.29 is 9.53 Å². The van der Waals surface area contributed by atoms with Gasteiger partial charge in [0.05, 0.1) is 12.3 Å². The molecule has 1 heterocycles. The largest absolute Gasteiger partial charge is 0.461 e. The molecule has 0 aliphatic heterocycles. The van der Waals surface area contributed by atoms with Gasteiger partial charge in [0.25, 0.3) is 0 Å². The lowest BCUT2D eigenvalue weighted by Gasteiger charge is -2.04. The molecule has 0 radical (unpaired) electrons. The molecule has 1 rings (SSSR count). The Hall–Kier alpha value is -0.970. The highest BCUT2D eigenvalue weighted by Gasteiger charge is 2.19. The van der Waals surface area contributed by atoms with Crippen LogP contribution in [-0.2, 0) is 18.2 Å². The molecule has 15 heavy (non-hydrogen) atoms. The minimum absolute atomic E-state index is 0.323. The number of thiol groups is 1. The minimum atomic E-state index is -0.323. The second kappa shape index (κ2) is 5.21. The van der Waals surface area contributed by atoms with E-state index in [1.54, 1.807) is 18.5 Å². The van der Waals surface area contributed by atoms with Crippen LogP contribution in [0.4, 0.5) is 0 Å². The van der Waals surface area contributed by atoms with Crippen LogP contribution in [0.1, 0.15) is 36.5 Å². The third-order valence-corrected chi connectivity index (χ3v) is 2.50.